The van der Waals surface area contributed by atoms with Crippen molar-refractivity contribution in [1.82, 2.24) is 5.32 Å². The number of rotatable bonds is 5. The van der Waals surface area contributed by atoms with E-state index in [4.69, 9.17) is 5.73 Å². The monoisotopic (exact) mass is 268 g/mol. The van der Waals surface area contributed by atoms with Crippen LogP contribution in [-0.4, -0.2) is 21.4 Å². The van der Waals surface area contributed by atoms with E-state index in [-0.39, 0.29) is 11.9 Å². The van der Waals surface area contributed by atoms with Crippen molar-refractivity contribution in [3.8, 4) is 0 Å². The third-order valence-electron chi connectivity index (χ3n) is 2.83. The summed E-state index contributed by atoms with van der Waals surface area (Å²) in [5.74, 6) is -0.203. The number of nitrogens with two attached hydrogens (primary N) is 1. The second kappa shape index (κ2) is 6.54. The standard InChI is InChI=1S/C13H20N2O2S/c1-4-9(2)15-13(16)10(3)18(17)12-8-6-5-7-11(12)14/h5-10H,4,14H2,1-3H3,(H,15,16). The molecule has 0 radical (unpaired) electrons. The molecule has 1 amide bonds. The molecule has 3 unspecified atom stereocenters. The molecule has 0 heterocycles. The van der Waals surface area contributed by atoms with Gasteiger partial charge in [0, 0.05) is 11.7 Å². The first kappa shape index (κ1) is 14.7. The van der Waals surface area contributed by atoms with Crippen LogP contribution < -0.4 is 11.1 Å². The van der Waals surface area contributed by atoms with Crippen molar-refractivity contribution in [2.45, 2.75) is 43.4 Å². The SMILES string of the molecule is CCC(C)NC(=O)C(C)S(=O)c1ccccc1N. The van der Waals surface area contributed by atoms with Gasteiger partial charge in [0.15, 0.2) is 0 Å². The average molecular weight is 268 g/mol. The van der Waals surface area contributed by atoms with Gasteiger partial charge in [0.05, 0.1) is 15.7 Å². The van der Waals surface area contributed by atoms with Gasteiger partial charge in [-0.15, -0.1) is 0 Å². The molecule has 0 aliphatic rings. The fourth-order valence-corrected chi connectivity index (χ4v) is 2.57. The highest BCUT2D eigenvalue weighted by atomic mass is 32.2. The summed E-state index contributed by atoms with van der Waals surface area (Å²) in [4.78, 5) is 12.4. The number of nitrogens with one attached hydrogen (secondary N) is 1. The van der Waals surface area contributed by atoms with Gasteiger partial charge in [-0.3, -0.25) is 9.00 Å². The molecule has 0 aliphatic carbocycles. The number of carbonyl (C=O) groups excluding carboxylic acids is 1. The van der Waals surface area contributed by atoms with Gasteiger partial charge < -0.3 is 11.1 Å². The van der Waals surface area contributed by atoms with Crippen LogP contribution in [0.25, 0.3) is 0 Å². The van der Waals surface area contributed by atoms with E-state index in [2.05, 4.69) is 5.32 Å². The minimum Gasteiger partial charge on any atom is -0.398 e. The first-order chi connectivity index (χ1) is 8.47. The van der Waals surface area contributed by atoms with E-state index < -0.39 is 16.0 Å². The normalized spacial score (nSPS) is 15.7. The van der Waals surface area contributed by atoms with Gasteiger partial charge in [0.2, 0.25) is 5.91 Å². The van der Waals surface area contributed by atoms with Gasteiger partial charge >= 0.3 is 0 Å². The molecule has 5 heteroatoms. The lowest BCUT2D eigenvalue weighted by Crippen LogP contribution is -2.40. The highest BCUT2D eigenvalue weighted by Crippen LogP contribution is 2.18. The maximum Gasteiger partial charge on any atom is 0.236 e. The van der Waals surface area contributed by atoms with E-state index in [1.807, 2.05) is 13.8 Å². The lowest BCUT2D eigenvalue weighted by atomic mass is 10.2. The highest BCUT2D eigenvalue weighted by molar-refractivity contribution is 7.86. The zero-order chi connectivity index (χ0) is 13.7. The molecular weight excluding hydrogens is 248 g/mol. The summed E-state index contributed by atoms with van der Waals surface area (Å²) in [5.41, 5.74) is 6.22. The van der Waals surface area contributed by atoms with E-state index >= 15 is 0 Å². The van der Waals surface area contributed by atoms with Crippen LogP contribution in [0.1, 0.15) is 27.2 Å². The van der Waals surface area contributed by atoms with Gasteiger partial charge in [-0.2, -0.15) is 0 Å². The Balaban J connectivity index is 2.79. The third kappa shape index (κ3) is 3.57. The summed E-state index contributed by atoms with van der Waals surface area (Å²) in [6.45, 7) is 5.56. The van der Waals surface area contributed by atoms with Gasteiger partial charge in [-0.05, 0) is 32.4 Å². The van der Waals surface area contributed by atoms with Crippen molar-refractivity contribution < 1.29 is 9.00 Å². The summed E-state index contributed by atoms with van der Waals surface area (Å²) in [6, 6.07) is 7.01. The second-order valence-electron chi connectivity index (χ2n) is 4.30. The molecule has 0 fully saturated rings. The minimum atomic E-state index is -1.43. The molecule has 1 rings (SSSR count). The summed E-state index contributed by atoms with van der Waals surface area (Å²) in [6.07, 6.45) is 0.846. The number of nitrogen functional groups attached to an aromatic ring is 1. The number of hydrogen-bond acceptors (Lipinski definition) is 3. The van der Waals surface area contributed by atoms with Crippen LogP contribution >= 0.6 is 0 Å². The predicted molar refractivity (Wildman–Crippen MR) is 74.6 cm³/mol. The smallest absolute Gasteiger partial charge is 0.236 e. The second-order valence-corrected chi connectivity index (χ2v) is 6.04. The number of carbonyl (C=O) groups is 1. The molecule has 0 saturated carbocycles. The van der Waals surface area contributed by atoms with Gasteiger partial charge in [0.25, 0.3) is 0 Å². The molecule has 100 valence electrons. The molecule has 4 nitrogen and oxygen atoms in total. The molecule has 0 saturated heterocycles. The van der Waals surface area contributed by atoms with Crippen LogP contribution in [0.4, 0.5) is 5.69 Å². The Kier molecular flexibility index (Phi) is 5.34. The van der Waals surface area contributed by atoms with Gasteiger partial charge in [-0.1, -0.05) is 19.1 Å². The van der Waals surface area contributed by atoms with Gasteiger partial charge in [0.1, 0.15) is 5.25 Å². The van der Waals surface area contributed by atoms with Crippen molar-refractivity contribution >= 4 is 22.4 Å². The lowest BCUT2D eigenvalue weighted by Gasteiger charge is -2.16. The Labute approximate surface area is 110 Å². The van der Waals surface area contributed by atoms with Crippen molar-refractivity contribution in [3.05, 3.63) is 24.3 Å². The summed E-state index contributed by atoms with van der Waals surface area (Å²) >= 11 is 0. The van der Waals surface area contributed by atoms with Crippen molar-refractivity contribution in [1.29, 1.82) is 0 Å². The molecule has 0 bridgehead atoms. The first-order valence-corrected chi connectivity index (χ1v) is 7.24. The van der Waals surface area contributed by atoms with Crippen LogP contribution in [0, 0.1) is 0 Å². The summed E-state index contributed by atoms with van der Waals surface area (Å²) in [7, 11) is -1.43. The van der Waals surface area contributed by atoms with Crippen LogP contribution in [0.5, 0.6) is 0 Å². The van der Waals surface area contributed by atoms with E-state index in [0.717, 1.165) is 6.42 Å². The topological polar surface area (TPSA) is 72.2 Å². The molecule has 0 aromatic heterocycles. The van der Waals surface area contributed by atoms with Crippen molar-refractivity contribution in [2.24, 2.45) is 0 Å². The number of anilines is 1. The van der Waals surface area contributed by atoms with E-state index in [1.165, 1.54) is 0 Å². The van der Waals surface area contributed by atoms with E-state index in [0.29, 0.717) is 10.6 Å². The van der Waals surface area contributed by atoms with E-state index in [9.17, 15) is 9.00 Å². The fourth-order valence-electron chi connectivity index (χ4n) is 1.41. The van der Waals surface area contributed by atoms with Crippen molar-refractivity contribution in [2.75, 3.05) is 5.73 Å². The number of para-hydroxylation sites is 1. The van der Waals surface area contributed by atoms with Crippen LogP contribution in [0.15, 0.2) is 29.2 Å². The summed E-state index contributed by atoms with van der Waals surface area (Å²) < 4.78 is 12.2. The molecule has 0 spiro atoms. The lowest BCUT2D eigenvalue weighted by molar-refractivity contribution is -0.120. The minimum absolute atomic E-state index is 0.0880. The van der Waals surface area contributed by atoms with Crippen molar-refractivity contribution in [3.63, 3.8) is 0 Å². The molecule has 3 atom stereocenters. The quantitative estimate of drug-likeness (QED) is 0.798. The molecular formula is C13H20N2O2S. The van der Waals surface area contributed by atoms with Crippen LogP contribution in [0.2, 0.25) is 0 Å². The Bertz CT molecular complexity index is 448. The Morgan fingerprint density at radius 1 is 1.39 bits per heavy atom. The third-order valence-corrected chi connectivity index (χ3v) is 4.49. The number of benzene rings is 1. The number of amides is 1. The Morgan fingerprint density at radius 3 is 2.56 bits per heavy atom. The zero-order valence-corrected chi connectivity index (χ0v) is 11.8. The van der Waals surface area contributed by atoms with Gasteiger partial charge in [-0.25, -0.2) is 0 Å². The largest absolute Gasteiger partial charge is 0.398 e. The summed E-state index contributed by atoms with van der Waals surface area (Å²) in [5, 5.41) is 2.22. The molecule has 1 aromatic carbocycles. The zero-order valence-electron chi connectivity index (χ0n) is 11.0. The molecule has 0 aliphatic heterocycles. The molecule has 1 aromatic rings. The predicted octanol–water partition coefficient (Wildman–Crippen LogP) is 1.68. The van der Waals surface area contributed by atoms with Crippen LogP contribution in [0.3, 0.4) is 0 Å². The van der Waals surface area contributed by atoms with E-state index in [1.54, 1.807) is 31.2 Å². The maximum absolute atomic E-state index is 12.2. The Hall–Kier alpha value is -1.36. The molecule has 3 N–H and O–H groups in total. The average Bonchev–Trinajstić information content (AvgIpc) is 2.37. The molecule has 18 heavy (non-hydrogen) atoms. The Morgan fingerprint density at radius 2 is 2.00 bits per heavy atom. The van der Waals surface area contributed by atoms with Crippen LogP contribution in [-0.2, 0) is 15.6 Å². The fraction of sp³-hybridized carbons (Fsp3) is 0.462. The number of hydrogen-bond donors (Lipinski definition) is 2. The first-order valence-electron chi connectivity index (χ1n) is 6.02. The highest BCUT2D eigenvalue weighted by Gasteiger charge is 2.23. The maximum atomic E-state index is 12.2.